The van der Waals surface area contributed by atoms with Gasteiger partial charge in [0.15, 0.2) is 0 Å². The van der Waals surface area contributed by atoms with E-state index >= 15 is 0 Å². The van der Waals surface area contributed by atoms with Crippen molar-refractivity contribution in [1.82, 2.24) is 9.71 Å². The Kier molecular flexibility index (Phi) is 5.38. The van der Waals surface area contributed by atoms with Gasteiger partial charge in [-0.05, 0) is 6.07 Å². The summed E-state index contributed by atoms with van der Waals surface area (Å²) < 4.78 is 53.5. The lowest BCUT2D eigenvalue weighted by molar-refractivity contribution is 0.0199. The fourth-order valence-electron chi connectivity index (χ4n) is 1.10. The first-order chi connectivity index (χ1) is 8.42. The summed E-state index contributed by atoms with van der Waals surface area (Å²) in [6, 6.07) is 2.47. The van der Waals surface area contributed by atoms with Crippen molar-refractivity contribution in [1.29, 1.82) is 0 Å². The number of pyridine rings is 1. The monoisotopic (exact) mass is 281 g/mol. The quantitative estimate of drug-likeness (QED) is 0.697. The molecule has 0 aliphatic heterocycles. The number of nitrogens with two attached hydrogens (primary N) is 1. The smallest absolute Gasteiger partial charge is 0.261 e. The Labute approximate surface area is 103 Å². The lowest BCUT2D eigenvalue weighted by Crippen LogP contribution is -2.28. The van der Waals surface area contributed by atoms with Gasteiger partial charge in [-0.3, -0.25) is 0 Å². The highest BCUT2D eigenvalue weighted by Crippen LogP contribution is 2.09. The van der Waals surface area contributed by atoms with Crippen LogP contribution in [0.25, 0.3) is 0 Å². The second-order valence-electron chi connectivity index (χ2n) is 3.28. The van der Waals surface area contributed by atoms with Crippen LogP contribution in [0.15, 0.2) is 23.2 Å². The summed E-state index contributed by atoms with van der Waals surface area (Å²) in [5.41, 5.74) is 5.35. The highest BCUT2D eigenvalue weighted by Gasteiger charge is 2.13. The van der Waals surface area contributed by atoms with E-state index in [-0.39, 0.29) is 23.9 Å². The molecule has 0 bridgehead atoms. The molecule has 0 saturated heterocycles. The molecule has 0 unspecified atom stereocenters. The molecule has 0 aliphatic carbocycles. The Morgan fingerprint density at radius 3 is 2.83 bits per heavy atom. The number of anilines is 1. The van der Waals surface area contributed by atoms with Gasteiger partial charge in [-0.25, -0.2) is 26.9 Å². The molecule has 0 aromatic carbocycles. The number of nitrogen functional groups attached to an aromatic ring is 1. The van der Waals surface area contributed by atoms with Gasteiger partial charge in [-0.1, -0.05) is 0 Å². The number of alkyl halides is 2. The molecular formula is C9H13F2N3O3S. The molecule has 18 heavy (non-hydrogen) atoms. The molecule has 9 heteroatoms. The van der Waals surface area contributed by atoms with Crippen molar-refractivity contribution in [3.8, 4) is 0 Å². The van der Waals surface area contributed by atoms with Gasteiger partial charge in [-0.15, -0.1) is 0 Å². The summed E-state index contributed by atoms with van der Waals surface area (Å²) >= 11 is 0. The van der Waals surface area contributed by atoms with Gasteiger partial charge in [0.1, 0.15) is 12.4 Å². The minimum Gasteiger partial charge on any atom is -0.384 e. The van der Waals surface area contributed by atoms with Crippen molar-refractivity contribution in [2.45, 2.75) is 11.3 Å². The van der Waals surface area contributed by atoms with Crippen molar-refractivity contribution >= 4 is 15.8 Å². The van der Waals surface area contributed by atoms with Crippen LogP contribution >= 0.6 is 0 Å². The number of aromatic nitrogens is 1. The van der Waals surface area contributed by atoms with Crippen LogP contribution in [0.4, 0.5) is 14.6 Å². The van der Waals surface area contributed by atoms with E-state index in [0.717, 1.165) is 0 Å². The van der Waals surface area contributed by atoms with E-state index in [1.165, 1.54) is 18.3 Å². The summed E-state index contributed by atoms with van der Waals surface area (Å²) in [5.74, 6) is 0.0758. The average Bonchev–Trinajstić information content (AvgIpc) is 2.28. The fourth-order valence-corrected chi connectivity index (χ4v) is 2.13. The maximum absolute atomic E-state index is 11.7. The fraction of sp³-hybridized carbons (Fsp3) is 0.444. The lowest BCUT2D eigenvalue weighted by Gasteiger charge is -2.07. The van der Waals surface area contributed by atoms with E-state index in [9.17, 15) is 17.2 Å². The molecule has 0 fully saturated rings. The van der Waals surface area contributed by atoms with Crippen molar-refractivity contribution in [2.75, 3.05) is 25.5 Å². The molecule has 1 heterocycles. The van der Waals surface area contributed by atoms with Gasteiger partial charge in [-0.2, -0.15) is 0 Å². The largest absolute Gasteiger partial charge is 0.384 e. The molecule has 0 atom stereocenters. The number of hydrogen-bond acceptors (Lipinski definition) is 5. The second-order valence-corrected chi connectivity index (χ2v) is 5.05. The van der Waals surface area contributed by atoms with E-state index in [0.29, 0.717) is 0 Å². The van der Waals surface area contributed by atoms with E-state index in [2.05, 4.69) is 14.4 Å². The maximum Gasteiger partial charge on any atom is 0.261 e. The van der Waals surface area contributed by atoms with E-state index < -0.39 is 23.1 Å². The van der Waals surface area contributed by atoms with E-state index in [1.807, 2.05) is 0 Å². The summed E-state index contributed by atoms with van der Waals surface area (Å²) in [7, 11) is -3.72. The lowest BCUT2D eigenvalue weighted by atomic mass is 10.5. The number of sulfonamides is 1. The zero-order chi connectivity index (χ0) is 13.6. The van der Waals surface area contributed by atoms with Crippen LogP contribution in [0, 0.1) is 0 Å². The third-order valence-electron chi connectivity index (χ3n) is 1.85. The molecule has 0 spiro atoms. The SMILES string of the molecule is Nc1cc(S(=O)(=O)NCCOCC(F)F)ccn1. The molecule has 1 aromatic heterocycles. The van der Waals surface area contributed by atoms with Crippen LogP contribution in [0.2, 0.25) is 0 Å². The molecular weight excluding hydrogens is 268 g/mol. The van der Waals surface area contributed by atoms with Gasteiger partial charge >= 0.3 is 0 Å². The van der Waals surface area contributed by atoms with Crippen molar-refractivity contribution in [3.63, 3.8) is 0 Å². The van der Waals surface area contributed by atoms with Crippen LogP contribution in [0.1, 0.15) is 0 Å². The number of ether oxygens (including phenoxy) is 1. The zero-order valence-corrected chi connectivity index (χ0v) is 10.2. The number of nitrogens with zero attached hydrogens (tertiary/aromatic N) is 1. The van der Waals surface area contributed by atoms with Crippen LogP contribution in [-0.4, -0.2) is 39.6 Å². The van der Waals surface area contributed by atoms with Gasteiger partial charge < -0.3 is 10.5 Å². The summed E-state index contributed by atoms with van der Waals surface area (Å²) in [6.07, 6.45) is -1.31. The Balaban J connectivity index is 2.46. The standard InChI is InChI=1S/C9H13F2N3O3S/c10-8(11)6-17-4-3-14-18(15,16)7-1-2-13-9(12)5-7/h1-2,5,8,14H,3-4,6H2,(H2,12,13). The van der Waals surface area contributed by atoms with Gasteiger partial charge in [0.2, 0.25) is 10.0 Å². The number of nitrogens with one attached hydrogen (secondary N) is 1. The van der Waals surface area contributed by atoms with Crippen LogP contribution < -0.4 is 10.5 Å². The zero-order valence-electron chi connectivity index (χ0n) is 9.34. The normalized spacial score (nSPS) is 11.9. The minimum absolute atomic E-state index is 0.0381. The predicted octanol–water partition coefficient (Wildman–Crippen LogP) is 0.224. The average molecular weight is 281 g/mol. The Morgan fingerprint density at radius 1 is 1.50 bits per heavy atom. The Morgan fingerprint density at radius 2 is 2.22 bits per heavy atom. The first-order valence-electron chi connectivity index (χ1n) is 4.99. The molecule has 1 rings (SSSR count). The molecule has 0 saturated carbocycles. The molecule has 0 radical (unpaired) electrons. The van der Waals surface area contributed by atoms with Gasteiger partial charge in [0.05, 0.1) is 11.5 Å². The highest BCUT2D eigenvalue weighted by atomic mass is 32.2. The van der Waals surface area contributed by atoms with Crippen LogP contribution in [0.5, 0.6) is 0 Å². The predicted molar refractivity (Wildman–Crippen MR) is 60.7 cm³/mol. The number of rotatable bonds is 7. The van der Waals surface area contributed by atoms with Gasteiger partial charge in [0, 0.05) is 18.8 Å². The molecule has 3 N–H and O–H groups in total. The topological polar surface area (TPSA) is 94.3 Å². The van der Waals surface area contributed by atoms with E-state index in [4.69, 9.17) is 5.73 Å². The molecule has 6 nitrogen and oxygen atoms in total. The first kappa shape index (κ1) is 14.7. The number of hydrogen-bond donors (Lipinski definition) is 2. The van der Waals surface area contributed by atoms with Crippen molar-refractivity contribution in [3.05, 3.63) is 18.3 Å². The van der Waals surface area contributed by atoms with Crippen LogP contribution in [0.3, 0.4) is 0 Å². The van der Waals surface area contributed by atoms with Crippen LogP contribution in [-0.2, 0) is 14.8 Å². The van der Waals surface area contributed by atoms with Gasteiger partial charge in [0.25, 0.3) is 6.43 Å². The minimum atomic E-state index is -3.72. The van der Waals surface area contributed by atoms with E-state index in [1.54, 1.807) is 0 Å². The van der Waals surface area contributed by atoms with Crippen molar-refractivity contribution in [2.24, 2.45) is 0 Å². The summed E-state index contributed by atoms with van der Waals surface area (Å²) in [4.78, 5) is 3.62. The first-order valence-corrected chi connectivity index (χ1v) is 6.47. The second kappa shape index (κ2) is 6.57. The molecule has 0 amide bonds. The third kappa shape index (κ3) is 4.90. The third-order valence-corrected chi connectivity index (χ3v) is 3.30. The molecule has 0 aliphatic rings. The summed E-state index contributed by atoms with van der Waals surface area (Å²) in [5, 5.41) is 0. The molecule has 102 valence electrons. The summed E-state index contributed by atoms with van der Waals surface area (Å²) in [6.45, 7) is -0.953. The Bertz CT molecular complexity index is 482. The Hall–Kier alpha value is -1.32. The van der Waals surface area contributed by atoms with Crippen molar-refractivity contribution < 1.29 is 21.9 Å². The number of halogens is 2. The molecule has 1 aromatic rings. The highest BCUT2D eigenvalue weighted by molar-refractivity contribution is 7.89. The maximum atomic E-state index is 11.7.